The lowest BCUT2D eigenvalue weighted by atomic mass is 9.93. The Morgan fingerprint density at radius 3 is 1.52 bits per heavy atom. The standard InChI is InChI=1S/C49H29N3S2/c1-2-13-32(14-3-1)44-34-15-5-4-12-30(34)28-29-40(44)48-50-47(51-49(52-48)41-21-11-20-39-37-17-7-9-23-43(37)54-46(39)41)33-26-24-31(25-27-33)35-18-10-19-38-36-16-6-8-22-42(36)53-45(35)38/h1-29H. The van der Waals surface area contributed by atoms with Gasteiger partial charge in [0.2, 0.25) is 0 Å². The van der Waals surface area contributed by atoms with Gasteiger partial charge in [-0.2, -0.15) is 0 Å². The molecule has 0 saturated heterocycles. The van der Waals surface area contributed by atoms with Gasteiger partial charge in [-0.15, -0.1) is 22.7 Å². The van der Waals surface area contributed by atoms with Gasteiger partial charge in [-0.25, -0.2) is 15.0 Å². The summed E-state index contributed by atoms with van der Waals surface area (Å²) < 4.78 is 5.03. The Bertz CT molecular complexity index is 3210. The molecule has 252 valence electrons. The van der Waals surface area contributed by atoms with Crippen LogP contribution < -0.4 is 0 Å². The average Bonchev–Trinajstić information content (AvgIpc) is 3.82. The van der Waals surface area contributed by atoms with E-state index in [-0.39, 0.29) is 0 Å². The first kappa shape index (κ1) is 31.0. The molecular weight excluding hydrogens is 695 g/mol. The van der Waals surface area contributed by atoms with Gasteiger partial charge in [-0.05, 0) is 51.7 Å². The number of hydrogen-bond acceptors (Lipinski definition) is 5. The average molecular weight is 724 g/mol. The SMILES string of the molecule is c1ccc(-c2c(-c3nc(-c4ccc(-c5cccc6c5sc5ccccc56)cc4)nc(-c4cccc5c4sc4ccccc45)n3)ccc3ccccc23)cc1. The summed E-state index contributed by atoms with van der Waals surface area (Å²) in [7, 11) is 0. The molecule has 54 heavy (non-hydrogen) atoms. The number of rotatable bonds is 5. The maximum Gasteiger partial charge on any atom is 0.165 e. The molecule has 3 heterocycles. The third kappa shape index (κ3) is 5.05. The van der Waals surface area contributed by atoms with Crippen molar-refractivity contribution in [2.45, 2.75) is 0 Å². The summed E-state index contributed by atoms with van der Waals surface area (Å²) >= 11 is 3.64. The third-order valence-corrected chi connectivity index (χ3v) is 12.8. The fourth-order valence-electron chi connectivity index (χ4n) is 7.82. The maximum atomic E-state index is 5.32. The van der Waals surface area contributed by atoms with Crippen LogP contribution in [0.5, 0.6) is 0 Å². The number of aromatic nitrogens is 3. The molecule has 3 aromatic heterocycles. The Hall–Kier alpha value is -6.53. The van der Waals surface area contributed by atoms with E-state index in [9.17, 15) is 0 Å². The van der Waals surface area contributed by atoms with Crippen molar-refractivity contribution in [2.75, 3.05) is 0 Å². The summed E-state index contributed by atoms with van der Waals surface area (Å²) in [6.45, 7) is 0. The highest BCUT2D eigenvalue weighted by molar-refractivity contribution is 7.26. The predicted octanol–water partition coefficient (Wildman–Crippen LogP) is 14.1. The lowest BCUT2D eigenvalue weighted by Gasteiger charge is -2.15. The first-order valence-corrected chi connectivity index (χ1v) is 19.7. The van der Waals surface area contributed by atoms with Crippen molar-refractivity contribution in [3.8, 4) is 56.4 Å². The van der Waals surface area contributed by atoms with Gasteiger partial charge in [0.05, 0.1) is 0 Å². The summed E-state index contributed by atoms with van der Waals surface area (Å²) in [5.74, 6) is 1.96. The second kappa shape index (κ2) is 12.6. The van der Waals surface area contributed by atoms with Crippen LogP contribution in [-0.2, 0) is 0 Å². The molecule has 0 aliphatic carbocycles. The molecule has 11 rings (SSSR count). The van der Waals surface area contributed by atoms with Crippen molar-refractivity contribution in [1.29, 1.82) is 0 Å². The molecule has 0 unspecified atom stereocenters. The summed E-state index contributed by atoms with van der Waals surface area (Å²) in [4.78, 5) is 15.9. The molecule has 0 N–H and O–H groups in total. The van der Waals surface area contributed by atoms with Crippen LogP contribution in [0.1, 0.15) is 0 Å². The summed E-state index contributed by atoms with van der Waals surface area (Å²) in [5, 5.41) is 7.40. The number of fused-ring (bicyclic) bond motifs is 7. The molecule has 0 saturated carbocycles. The summed E-state index contributed by atoms with van der Waals surface area (Å²) in [6.07, 6.45) is 0. The zero-order valence-corrected chi connectivity index (χ0v) is 30.5. The fourth-order valence-corrected chi connectivity index (χ4v) is 10.3. The van der Waals surface area contributed by atoms with Crippen molar-refractivity contribution in [1.82, 2.24) is 15.0 Å². The van der Waals surface area contributed by atoms with Crippen molar-refractivity contribution < 1.29 is 0 Å². The molecule has 0 aliphatic rings. The Morgan fingerprint density at radius 1 is 0.296 bits per heavy atom. The number of benzene rings is 8. The molecule has 0 amide bonds. The lowest BCUT2D eigenvalue weighted by molar-refractivity contribution is 1.08. The van der Waals surface area contributed by atoms with E-state index in [1.54, 1.807) is 11.3 Å². The van der Waals surface area contributed by atoms with Gasteiger partial charge in [0.1, 0.15) is 0 Å². The predicted molar refractivity (Wildman–Crippen MR) is 230 cm³/mol. The van der Waals surface area contributed by atoms with Crippen LogP contribution in [0, 0.1) is 0 Å². The minimum absolute atomic E-state index is 0.645. The number of hydrogen-bond donors (Lipinski definition) is 0. The minimum Gasteiger partial charge on any atom is -0.208 e. The maximum absolute atomic E-state index is 5.32. The number of nitrogens with zero attached hydrogens (tertiary/aromatic N) is 3. The van der Waals surface area contributed by atoms with Gasteiger partial charge >= 0.3 is 0 Å². The second-order valence-corrected chi connectivity index (χ2v) is 15.6. The van der Waals surface area contributed by atoms with Crippen LogP contribution >= 0.6 is 22.7 Å². The smallest absolute Gasteiger partial charge is 0.165 e. The van der Waals surface area contributed by atoms with Crippen molar-refractivity contribution >= 4 is 73.8 Å². The molecular formula is C49H29N3S2. The zero-order chi connectivity index (χ0) is 35.6. The number of thiophene rings is 2. The Labute approximate surface area is 319 Å². The van der Waals surface area contributed by atoms with Crippen LogP contribution in [0.3, 0.4) is 0 Å². The lowest BCUT2D eigenvalue weighted by Crippen LogP contribution is -2.01. The van der Waals surface area contributed by atoms with Gasteiger partial charge in [-0.3, -0.25) is 0 Å². The molecule has 5 heteroatoms. The van der Waals surface area contributed by atoms with E-state index in [0.29, 0.717) is 17.5 Å². The van der Waals surface area contributed by atoms with Gasteiger partial charge in [0.25, 0.3) is 0 Å². The highest BCUT2D eigenvalue weighted by Crippen LogP contribution is 2.43. The summed E-state index contributed by atoms with van der Waals surface area (Å²) in [5.41, 5.74) is 7.56. The molecule has 0 spiro atoms. The van der Waals surface area contributed by atoms with Crippen molar-refractivity contribution in [2.24, 2.45) is 0 Å². The van der Waals surface area contributed by atoms with E-state index in [1.165, 1.54) is 56.9 Å². The Balaban J connectivity index is 1.12. The van der Waals surface area contributed by atoms with Gasteiger partial charge in [-0.1, -0.05) is 152 Å². The molecule has 0 radical (unpaired) electrons. The minimum atomic E-state index is 0.645. The highest BCUT2D eigenvalue weighted by atomic mass is 32.1. The van der Waals surface area contributed by atoms with E-state index in [1.807, 2.05) is 11.3 Å². The van der Waals surface area contributed by atoms with Crippen molar-refractivity contribution in [3.05, 3.63) is 176 Å². The topological polar surface area (TPSA) is 38.7 Å². The molecule has 3 nitrogen and oxygen atoms in total. The van der Waals surface area contributed by atoms with Crippen LogP contribution in [-0.4, -0.2) is 15.0 Å². The third-order valence-electron chi connectivity index (χ3n) is 10.4. The molecule has 0 aliphatic heterocycles. The van der Waals surface area contributed by atoms with Gasteiger partial charge < -0.3 is 0 Å². The molecule has 0 atom stereocenters. The monoisotopic (exact) mass is 723 g/mol. The normalized spacial score (nSPS) is 11.7. The molecule has 0 fully saturated rings. The van der Waals surface area contributed by atoms with Crippen LogP contribution in [0.25, 0.3) is 108 Å². The second-order valence-electron chi connectivity index (χ2n) is 13.5. The quantitative estimate of drug-likeness (QED) is 0.177. The first-order valence-electron chi connectivity index (χ1n) is 18.0. The van der Waals surface area contributed by atoms with E-state index in [2.05, 4.69) is 176 Å². The fraction of sp³-hybridized carbons (Fsp3) is 0. The van der Waals surface area contributed by atoms with Crippen LogP contribution in [0.2, 0.25) is 0 Å². The molecule has 11 aromatic rings. The zero-order valence-electron chi connectivity index (χ0n) is 28.9. The van der Waals surface area contributed by atoms with E-state index < -0.39 is 0 Å². The van der Waals surface area contributed by atoms with E-state index in [0.717, 1.165) is 33.2 Å². The van der Waals surface area contributed by atoms with Crippen LogP contribution in [0.4, 0.5) is 0 Å². The van der Waals surface area contributed by atoms with E-state index >= 15 is 0 Å². The van der Waals surface area contributed by atoms with Crippen molar-refractivity contribution in [3.63, 3.8) is 0 Å². The van der Waals surface area contributed by atoms with Gasteiger partial charge in [0, 0.05) is 62.6 Å². The Kier molecular flexibility index (Phi) is 7.22. The largest absolute Gasteiger partial charge is 0.208 e. The Morgan fingerprint density at radius 2 is 0.815 bits per heavy atom. The molecule has 8 aromatic carbocycles. The van der Waals surface area contributed by atoms with Gasteiger partial charge in [0.15, 0.2) is 17.5 Å². The summed E-state index contributed by atoms with van der Waals surface area (Å²) in [6, 6.07) is 62.5. The molecule has 0 bridgehead atoms. The highest BCUT2D eigenvalue weighted by Gasteiger charge is 2.20. The van der Waals surface area contributed by atoms with Crippen LogP contribution in [0.15, 0.2) is 176 Å². The first-order chi connectivity index (χ1) is 26.8. The van der Waals surface area contributed by atoms with E-state index in [4.69, 9.17) is 15.0 Å².